The maximum atomic E-state index is 6.19. The van der Waals surface area contributed by atoms with Crippen LogP contribution < -0.4 is 0 Å². The number of para-hydroxylation sites is 5. The van der Waals surface area contributed by atoms with Gasteiger partial charge in [-0.15, -0.1) is 0 Å². The average molecular weight is 1810 g/mol. The lowest BCUT2D eigenvalue weighted by molar-refractivity contribution is 0.654. The minimum atomic E-state index is 0.542. The Morgan fingerprint density at radius 2 is 0.397 bits per heavy atom. The van der Waals surface area contributed by atoms with Crippen molar-refractivity contribution in [3.63, 3.8) is 0 Å². The number of hydrogen-bond acceptors (Lipinski definition) is 18. The number of nitrogens with zero attached hydrogens (tertiary/aromatic N) is 15. The summed E-state index contributed by atoms with van der Waals surface area (Å²) in [5.41, 5.74) is 31.9. The third-order valence-corrected chi connectivity index (χ3v) is 25.2. The molecule has 0 atom stereocenters. The molecule has 0 radical (unpaired) electrons. The number of benzene rings is 17. The smallest absolute Gasteiger partial charge is 0.246 e. The molecular weight excluding hydrogens is 1740 g/mol. The Hall–Kier alpha value is -19.6. The molecule has 0 aliphatic heterocycles. The van der Waals surface area contributed by atoms with Crippen LogP contribution in [0, 0.1) is 0 Å². The van der Waals surface area contributed by atoms with Crippen molar-refractivity contribution >= 4 is 99.6 Å². The van der Waals surface area contributed by atoms with Gasteiger partial charge in [-0.1, -0.05) is 382 Å². The second-order valence-corrected chi connectivity index (χ2v) is 34.1. The highest BCUT2D eigenvalue weighted by molar-refractivity contribution is 6.18. The summed E-state index contributed by atoms with van der Waals surface area (Å²) in [6.45, 7) is 0. The summed E-state index contributed by atoms with van der Waals surface area (Å²) in [5.74, 6) is 5.59. The van der Waals surface area contributed by atoms with E-state index in [1.165, 1.54) is 16.7 Å². The molecule has 0 bridgehead atoms. The first kappa shape index (κ1) is 83.3. The summed E-state index contributed by atoms with van der Waals surface area (Å²) in [6.07, 6.45) is 1.81. The zero-order valence-corrected chi connectivity index (χ0v) is 75.2. The quantitative estimate of drug-likeness (QED) is 0.0928. The largest absolute Gasteiger partial charge is 0.438 e. The van der Waals surface area contributed by atoms with Crippen LogP contribution in [0.15, 0.2) is 468 Å². The Kier molecular flexibility index (Phi) is 21.4. The van der Waals surface area contributed by atoms with Crippen molar-refractivity contribution in [3.8, 4) is 169 Å². The van der Waals surface area contributed by atoms with Crippen molar-refractivity contribution in [1.82, 2.24) is 74.8 Å². The molecule has 0 aliphatic rings. The second kappa shape index (κ2) is 36.3. The van der Waals surface area contributed by atoms with E-state index in [9.17, 15) is 0 Å². The predicted molar refractivity (Wildman–Crippen MR) is 562 cm³/mol. The summed E-state index contributed by atoms with van der Waals surface area (Å²) in [7, 11) is 0. The van der Waals surface area contributed by atoms with E-state index in [0.717, 1.165) is 183 Å². The van der Waals surface area contributed by atoms with Crippen molar-refractivity contribution in [3.05, 3.63) is 455 Å². The molecule has 0 N–H and O–H groups in total. The molecule has 0 aliphatic carbocycles. The highest BCUT2D eigenvalue weighted by Crippen LogP contribution is 2.43. The number of pyridine rings is 2. The van der Waals surface area contributed by atoms with Crippen LogP contribution in [0.2, 0.25) is 0 Å². The molecule has 18 nitrogen and oxygen atoms in total. The molecule has 18 heteroatoms. The van der Waals surface area contributed by atoms with E-state index >= 15 is 0 Å². The fourth-order valence-electron chi connectivity index (χ4n) is 18.0. The SMILES string of the molecule is c1ccc(-c2ccc(-c3nc(-c4ccccc4)nc(-c4ccc(-c5c6ncccc6nc6oc7ccccc7c56)cc4)n3)cc2)cc1.c1ccc(-c2ccc(-c3nc(-c4ccccc4)nc(-c4ccc(-c5ccc6c(c5)oc5nc7ccccc7nc56)cc4)n3)cc2)cc1.c1ccc(-c2ccc(-c3nc(-c4ccccc4)nc(-c4ccc(-c5ccc6oc7nc8ccccc8nc7c6c5)cc4)n3)cc2)cc1. The molecule has 0 saturated carbocycles. The molecule has 27 aromatic rings. The van der Waals surface area contributed by atoms with E-state index < -0.39 is 0 Å². The van der Waals surface area contributed by atoms with Gasteiger partial charge < -0.3 is 13.3 Å². The molecule has 141 heavy (non-hydrogen) atoms. The summed E-state index contributed by atoms with van der Waals surface area (Å²) >= 11 is 0. The van der Waals surface area contributed by atoms with Gasteiger partial charge in [0.2, 0.25) is 17.1 Å². The van der Waals surface area contributed by atoms with Gasteiger partial charge in [0.1, 0.15) is 27.8 Å². The minimum Gasteiger partial charge on any atom is -0.438 e. The highest BCUT2D eigenvalue weighted by Gasteiger charge is 2.24. The lowest BCUT2D eigenvalue weighted by Gasteiger charge is -2.11. The fourth-order valence-corrected chi connectivity index (χ4v) is 18.0. The molecule has 17 aromatic carbocycles. The Morgan fingerprint density at radius 1 is 0.142 bits per heavy atom. The van der Waals surface area contributed by atoms with Gasteiger partial charge in [0, 0.05) is 78.0 Å². The first-order chi connectivity index (χ1) is 69.8. The van der Waals surface area contributed by atoms with Gasteiger partial charge in [0.05, 0.1) is 38.5 Å². The maximum absolute atomic E-state index is 6.19. The predicted octanol–water partition coefficient (Wildman–Crippen LogP) is 30.1. The monoisotopic (exact) mass is 1810 g/mol. The van der Waals surface area contributed by atoms with Gasteiger partial charge in [-0.3, -0.25) is 4.98 Å². The van der Waals surface area contributed by atoms with Crippen LogP contribution >= 0.6 is 0 Å². The fraction of sp³-hybridized carbons (Fsp3) is 0. The van der Waals surface area contributed by atoms with Crippen molar-refractivity contribution in [1.29, 1.82) is 0 Å². The lowest BCUT2D eigenvalue weighted by atomic mass is 9.98. The zero-order valence-electron chi connectivity index (χ0n) is 75.2. The molecule has 0 unspecified atom stereocenters. The summed E-state index contributed by atoms with van der Waals surface area (Å²) in [5, 5.41) is 3.84. The molecule has 0 fully saturated rings. The van der Waals surface area contributed by atoms with Crippen LogP contribution in [-0.4, -0.2) is 74.8 Å². The molecule has 27 rings (SSSR count). The normalized spacial score (nSPS) is 11.4. The Morgan fingerprint density at radius 3 is 0.787 bits per heavy atom. The van der Waals surface area contributed by atoms with E-state index in [0.29, 0.717) is 69.6 Å². The molecular formula is C123H75N15O3. The Labute approximate surface area is 806 Å². The number of aromatic nitrogens is 15. The van der Waals surface area contributed by atoms with Crippen molar-refractivity contribution < 1.29 is 13.3 Å². The lowest BCUT2D eigenvalue weighted by Crippen LogP contribution is -2.00. The third kappa shape index (κ3) is 16.7. The molecule has 660 valence electrons. The van der Waals surface area contributed by atoms with E-state index in [1.54, 1.807) is 6.20 Å². The summed E-state index contributed by atoms with van der Waals surface area (Å²) in [4.78, 5) is 72.9. The van der Waals surface area contributed by atoms with Gasteiger partial charge in [0.15, 0.2) is 52.4 Å². The standard InChI is InChI=1S/3C41H25N5O/c1-3-10-26(11-4-1)27-17-21-30(22-18-27)39-44-38(29-12-5-2-6-13-29)45-40(46-39)31-23-19-28(20-24-31)35-36-32-14-7-8-16-34(32)47-41(36)43-33-15-9-25-42-37(33)35;1-3-9-26(10-4-1)27-15-19-30(20-16-27)39-44-38(29-11-5-2-6-12-29)45-40(46-39)31-21-17-28(18-22-31)32-23-24-36-33(25-32)37-41(47-36)43-35-14-8-7-13-34(35)42-37;1-3-9-26(10-4-1)27-15-19-30(20-16-27)39-44-38(29-11-5-2-6-12-29)45-40(46-39)31-21-17-28(18-22-31)32-23-24-33-36(25-32)47-41-37(33)42-34-13-7-8-14-35(34)43-41/h3*1-25H. The Balaban J connectivity index is 0.000000111. The first-order valence-electron chi connectivity index (χ1n) is 46.3. The van der Waals surface area contributed by atoms with Crippen molar-refractivity contribution in [2.75, 3.05) is 0 Å². The number of hydrogen-bond donors (Lipinski definition) is 0. The van der Waals surface area contributed by atoms with E-state index in [1.807, 2.05) is 237 Å². The highest BCUT2D eigenvalue weighted by atomic mass is 16.3. The van der Waals surface area contributed by atoms with Gasteiger partial charge in [-0.2, -0.15) is 0 Å². The minimum absolute atomic E-state index is 0.542. The number of furan rings is 3. The number of fused-ring (bicyclic) bond motifs is 12. The molecule has 10 heterocycles. The van der Waals surface area contributed by atoms with E-state index in [-0.39, 0.29) is 0 Å². The molecule has 10 aromatic heterocycles. The van der Waals surface area contributed by atoms with Crippen LogP contribution in [-0.2, 0) is 0 Å². The van der Waals surface area contributed by atoms with Crippen molar-refractivity contribution in [2.24, 2.45) is 0 Å². The van der Waals surface area contributed by atoms with Gasteiger partial charge in [-0.25, -0.2) is 69.8 Å². The first-order valence-corrected chi connectivity index (χ1v) is 46.3. The van der Waals surface area contributed by atoms with Gasteiger partial charge in [0.25, 0.3) is 0 Å². The van der Waals surface area contributed by atoms with Crippen LogP contribution in [0.25, 0.3) is 269 Å². The van der Waals surface area contributed by atoms with Crippen LogP contribution in [0.3, 0.4) is 0 Å². The van der Waals surface area contributed by atoms with Crippen molar-refractivity contribution in [2.45, 2.75) is 0 Å². The molecule has 0 spiro atoms. The zero-order chi connectivity index (χ0) is 93.5. The van der Waals surface area contributed by atoms with Crippen LogP contribution in [0.5, 0.6) is 0 Å². The summed E-state index contributed by atoms with van der Waals surface area (Å²) < 4.78 is 18.4. The second-order valence-electron chi connectivity index (χ2n) is 34.1. The topological polar surface area (TPSA) is 233 Å². The van der Waals surface area contributed by atoms with E-state index in [2.05, 4.69) is 212 Å². The van der Waals surface area contributed by atoms with Crippen LogP contribution in [0.1, 0.15) is 0 Å². The van der Waals surface area contributed by atoms with Gasteiger partial charge in [-0.05, 0) is 128 Å². The van der Waals surface area contributed by atoms with E-state index in [4.69, 9.17) is 88.0 Å². The summed E-state index contributed by atoms with van der Waals surface area (Å²) in [6, 6.07) is 151. The maximum Gasteiger partial charge on any atom is 0.246 e. The van der Waals surface area contributed by atoms with Crippen LogP contribution in [0.4, 0.5) is 0 Å². The van der Waals surface area contributed by atoms with Gasteiger partial charge >= 0.3 is 0 Å². The molecule has 0 amide bonds. The average Bonchev–Trinajstić information content (AvgIpc) is 1.61. The Bertz CT molecular complexity index is 9340. The third-order valence-electron chi connectivity index (χ3n) is 25.2. The number of rotatable bonds is 15. The molecule has 0 saturated heterocycles.